The Bertz CT molecular complexity index is 352. The van der Waals surface area contributed by atoms with Gasteiger partial charge in [0.05, 0.1) is 18.1 Å². The standard InChI is InChI=1S/C11H21NO4S/c1-3-16-11(13)5-4-7-12(2)10-6-8-17(14,15)9-10/h10H,3-9H2,1-2H3. The van der Waals surface area contributed by atoms with Crippen molar-refractivity contribution in [2.45, 2.75) is 32.2 Å². The highest BCUT2D eigenvalue weighted by Crippen LogP contribution is 2.16. The maximum absolute atomic E-state index is 11.3. The molecule has 0 N–H and O–H groups in total. The predicted molar refractivity (Wildman–Crippen MR) is 65.6 cm³/mol. The fourth-order valence-electron chi connectivity index (χ4n) is 2.01. The number of hydrogen-bond acceptors (Lipinski definition) is 5. The second kappa shape index (κ2) is 6.35. The molecule has 0 aliphatic carbocycles. The number of rotatable bonds is 6. The van der Waals surface area contributed by atoms with Gasteiger partial charge < -0.3 is 9.64 Å². The van der Waals surface area contributed by atoms with Crippen molar-refractivity contribution >= 4 is 15.8 Å². The molecule has 0 radical (unpaired) electrons. The summed E-state index contributed by atoms with van der Waals surface area (Å²) in [5.74, 6) is 0.364. The van der Waals surface area contributed by atoms with Crippen molar-refractivity contribution in [1.82, 2.24) is 4.90 Å². The minimum Gasteiger partial charge on any atom is -0.466 e. The second-order valence-corrected chi connectivity index (χ2v) is 6.67. The van der Waals surface area contributed by atoms with Gasteiger partial charge in [0, 0.05) is 12.5 Å². The number of carbonyl (C=O) groups is 1. The Balaban J connectivity index is 2.22. The van der Waals surface area contributed by atoms with Crippen molar-refractivity contribution in [3.63, 3.8) is 0 Å². The molecule has 1 atom stereocenters. The first-order chi connectivity index (χ1) is 7.94. The van der Waals surface area contributed by atoms with Gasteiger partial charge in [-0.15, -0.1) is 0 Å². The molecule has 1 unspecified atom stereocenters. The number of hydrogen-bond donors (Lipinski definition) is 0. The van der Waals surface area contributed by atoms with E-state index in [9.17, 15) is 13.2 Å². The monoisotopic (exact) mass is 263 g/mol. The highest BCUT2D eigenvalue weighted by molar-refractivity contribution is 7.91. The lowest BCUT2D eigenvalue weighted by Crippen LogP contribution is -2.33. The smallest absolute Gasteiger partial charge is 0.305 e. The average Bonchev–Trinajstić information content (AvgIpc) is 2.59. The van der Waals surface area contributed by atoms with Crippen molar-refractivity contribution in [3.8, 4) is 0 Å². The topological polar surface area (TPSA) is 63.7 Å². The van der Waals surface area contributed by atoms with E-state index < -0.39 is 9.84 Å². The van der Waals surface area contributed by atoms with E-state index in [1.165, 1.54) is 0 Å². The summed E-state index contributed by atoms with van der Waals surface area (Å²) >= 11 is 0. The van der Waals surface area contributed by atoms with Crippen LogP contribution in [0.1, 0.15) is 26.2 Å². The van der Waals surface area contributed by atoms with Crippen LogP contribution in [0.5, 0.6) is 0 Å². The molecule has 1 saturated heterocycles. The molecule has 1 fully saturated rings. The zero-order valence-electron chi connectivity index (χ0n) is 10.5. The Kier molecular flexibility index (Phi) is 5.39. The maximum atomic E-state index is 11.3. The summed E-state index contributed by atoms with van der Waals surface area (Å²) in [6.07, 6.45) is 1.82. The first kappa shape index (κ1) is 14.4. The molecule has 100 valence electrons. The van der Waals surface area contributed by atoms with Crippen LogP contribution in [0.3, 0.4) is 0 Å². The molecule has 1 rings (SSSR count). The van der Waals surface area contributed by atoms with Gasteiger partial charge in [-0.1, -0.05) is 0 Å². The minimum atomic E-state index is -2.82. The summed E-state index contributed by atoms with van der Waals surface area (Å²) in [4.78, 5) is 13.1. The van der Waals surface area contributed by atoms with Crippen LogP contribution in [-0.2, 0) is 19.4 Å². The largest absolute Gasteiger partial charge is 0.466 e. The van der Waals surface area contributed by atoms with Gasteiger partial charge in [-0.05, 0) is 33.4 Å². The fraction of sp³-hybridized carbons (Fsp3) is 0.909. The Labute approximate surface area is 103 Å². The van der Waals surface area contributed by atoms with Crippen LogP contribution in [-0.4, -0.2) is 57.0 Å². The number of carbonyl (C=O) groups excluding carboxylic acids is 1. The Morgan fingerprint density at radius 1 is 1.47 bits per heavy atom. The summed E-state index contributed by atoms with van der Waals surface area (Å²) in [6.45, 7) is 2.93. The van der Waals surface area contributed by atoms with Crippen molar-refractivity contribution in [2.75, 3.05) is 31.7 Å². The summed E-state index contributed by atoms with van der Waals surface area (Å²) in [5.41, 5.74) is 0. The van der Waals surface area contributed by atoms with Crippen molar-refractivity contribution < 1.29 is 17.9 Å². The van der Waals surface area contributed by atoms with E-state index in [0.29, 0.717) is 31.6 Å². The average molecular weight is 263 g/mol. The molecule has 0 saturated carbocycles. The van der Waals surface area contributed by atoms with Gasteiger partial charge >= 0.3 is 5.97 Å². The third kappa shape index (κ3) is 5.04. The summed E-state index contributed by atoms with van der Waals surface area (Å²) in [6, 6.07) is 0.113. The van der Waals surface area contributed by atoms with Gasteiger partial charge in [-0.3, -0.25) is 4.79 Å². The molecule has 0 spiro atoms. The zero-order chi connectivity index (χ0) is 12.9. The quantitative estimate of drug-likeness (QED) is 0.651. The zero-order valence-corrected chi connectivity index (χ0v) is 11.3. The van der Waals surface area contributed by atoms with Crippen LogP contribution in [0.25, 0.3) is 0 Å². The minimum absolute atomic E-state index is 0.113. The van der Waals surface area contributed by atoms with E-state index in [2.05, 4.69) is 0 Å². The van der Waals surface area contributed by atoms with Crippen LogP contribution in [0, 0.1) is 0 Å². The SMILES string of the molecule is CCOC(=O)CCCN(C)C1CCS(=O)(=O)C1. The lowest BCUT2D eigenvalue weighted by molar-refractivity contribution is -0.143. The van der Waals surface area contributed by atoms with Gasteiger partial charge in [0.2, 0.25) is 0 Å². The molecule has 1 aliphatic rings. The molecule has 6 heteroatoms. The lowest BCUT2D eigenvalue weighted by Gasteiger charge is -2.22. The lowest BCUT2D eigenvalue weighted by atomic mass is 10.2. The number of nitrogens with zero attached hydrogens (tertiary/aromatic N) is 1. The number of sulfone groups is 1. The van der Waals surface area contributed by atoms with E-state index in [0.717, 1.165) is 6.54 Å². The fourth-order valence-corrected chi connectivity index (χ4v) is 3.82. The number of esters is 1. The van der Waals surface area contributed by atoms with E-state index in [1.54, 1.807) is 6.92 Å². The summed E-state index contributed by atoms with van der Waals surface area (Å²) in [5, 5.41) is 0. The molecular formula is C11H21NO4S. The molecule has 0 aromatic carbocycles. The normalized spacial score (nSPS) is 22.9. The van der Waals surface area contributed by atoms with Crippen molar-refractivity contribution in [3.05, 3.63) is 0 Å². The molecule has 1 heterocycles. The van der Waals surface area contributed by atoms with E-state index in [1.807, 2.05) is 11.9 Å². The van der Waals surface area contributed by atoms with Crippen molar-refractivity contribution in [1.29, 1.82) is 0 Å². The molecule has 0 amide bonds. The van der Waals surface area contributed by atoms with E-state index in [-0.39, 0.29) is 17.8 Å². The van der Waals surface area contributed by atoms with Crippen LogP contribution in [0.2, 0.25) is 0 Å². The molecule has 1 aliphatic heterocycles. The summed E-state index contributed by atoms with van der Waals surface area (Å²) in [7, 11) is -0.910. The Morgan fingerprint density at radius 3 is 2.71 bits per heavy atom. The first-order valence-electron chi connectivity index (χ1n) is 6.01. The predicted octanol–water partition coefficient (Wildman–Crippen LogP) is 0.449. The van der Waals surface area contributed by atoms with Crippen LogP contribution in [0.4, 0.5) is 0 Å². The highest BCUT2D eigenvalue weighted by atomic mass is 32.2. The first-order valence-corrected chi connectivity index (χ1v) is 7.83. The molecule has 17 heavy (non-hydrogen) atoms. The number of ether oxygens (including phenoxy) is 1. The van der Waals surface area contributed by atoms with Crippen LogP contribution >= 0.6 is 0 Å². The van der Waals surface area contributed by atoms with Crippen molar-refractivity contribution in [2.24, 2.45) is 0 Å². The highest BCUT2D eigenvalue weighted by Gasteiger charge is 2.30. The Hall–Kier alpha value is -0.620. The van der Waals surface area contributed by atoms with Gasteiger partial charge in [-0.25, -0.2) is 8.42 Å². The van der Waals surface area contributed by atoms with Gasteiger partial charge in [0.15, 0.2) is 9.84 Å². The maximum Gasteiger partial charge on any atom is 0.305 e. The van der Waals surface area contributed by atoms with Gasteiger partial charge in [0.1, 0.15) is 0 Å². The molecule has 0 aromatic heterocycles. The van der Waals surface area contributed by atoms with Crippen LogP contribution in [0.15, 0.2) is 0 Å². The third-order valence-electron chi connectivity index (χ3n) is 3.03. The molecule has 0 bridgehead atoms. The summed E-state index contributed by atoms with van der Waals surface area (Å²) < 4.78 is 27.5. The van der Waals surface area contributed by atoms with E-state index >= 15 is 0 Å². The molecular weight excluding hydrogens is 242 g/mol. The van der Waals surface area contributed by atoms with Gasteiger partial charge in [-0.2, -0.15) is 0 Å². The van der Waals surface area contributed by atoms with Crippen LogP contribution < -0.4 is 0 Å². The third-order valence-corrected chi connectivity index (χ3v) is 4.78. The molecule has 0 aromatic rings. The van der Waals surface area contributed by atoms with Gasteiger partial charge in [0.25, 0.3) is 0 Å². The molecule has 5 nitrogen and oxygen atoms in total. The van der Waals surface area contributed by atoms with E-state index in [4.69, 9.17) is 4.74 Å². The Morgan fingerprint density at radius 2 is 2.18 bits per heavy atom. The second-order valence-electron chi connectivity index (χ2n) is 4.45.